The summed E-state index contributed by atoms with van der Waals surface area (Å²) in [5.74, 6) is 2.02. The smallest absolute Gasteiger partial charge is 0.257 e. The summed E-state index contributed by atoms with van der Waals surface area (Å²) in [5, 5.41) is 7.40. The highest BCUT2D eigenvalue weighted by Crippen LogP contribution is 2.61. The second kappa shape index (κ2) is 6.83. The molecule has 0 aliphatic heterocycles. The van der Waals surface area contributed by atoms with E-state index in [2.05, 4.69) is 17.4 Å². The normalized spacial score (nSPS) is 31.1. The first kappa shape index (κ1) is 19.1. The molecule has 4 aliphatic rings. The van der Waals surface area contributed by atoms with Crippen molar-refractivity contribution < 1.29 is 13.7 Å². The summed E-state index contributed by atoms with van der Waals surface area (Å²) in [6.07, 6.45) is 7.70. The molecule has 154 valence electrons. The maximum Gasteiger partial charge on any atom is 0.257 e. The SMILES string of the molecule is Cc1onc(-c2c(F)cccc2Cl)c1C(=O)N[C@H](C)C12CC3CC(CC(C3)C1)C2. The van der Waals surface area contributed by atoms with Crippen LogP contribution in [-0.2, 0) is 0 Å². The zero-order valence-corrected chi connectivity index (χ0v) is 17.6. The highest BCUT2D eigenvalue weighted by atomic mass is 35.5. The molecule has 1 heterocycles. The Bertz CT molecular complexity index is 914. The fourth-order valence-electron chi connectivity index (χ4n) is 6.66. The van der Waals surface area contributed by atoms with Crippen LogP contribution >= 0.6 is 11.6 Å². The summed E-state index contributed by atoms with van der Waals surface area (Å²) in [7, 11) is 0. The van der Waals surface area contributed by atoms with Crippen LogP contribution in [0.3, 0.4) is 0 Å². The predicted molar refractivity (Wildman–Crippen MR) is 109 cm³/mol. The van der Waals surface area contributed by atoms with Gasteiger partial charge in [-0.3, -0.25) is 4.79 Å². The van der Waals surface area contributed by atoms with Crippen LogP contribution in [0.25, 0.3) is 11.3 Å². The van der Waals surface area contributed by atoms with Crippen molar-refractivity contribution in [2.75, 3.05) is 0 Å². The molecule has 4 bridgehead atoms. The number of hydrogen-bond donors (Lipinski definition) is 1. The molecule has 6 heteroatoms. The molecule has 6 rings (SSSR count). The van der Waals surface area contributed by atoms with Crippen LogP contribution in [0.2, 0.25) is 5.02 Å². The zero-order chi connectivity index (χ0) is 20.3. The molecule has 29 heavy (non-hydrogen) atoms. The number of carbonyl (C=O) groups excluding carboxylic acids is 1. The molecule has 1 aromatic carbocycles. The lowest BCUT2D eigenvalue weighted by molar-refractivity contribution is -0.0688. The minimum absolute atomic E-state index is 0.0571. The summed E-state index contributed by atoms with van der Waals surface area (Å²) >= 11 is 6.21. The third kappa shape index (κ3) is 3.09. The van der Waals surface area contributed by atoms with Gasteiger partial charge in [0.15, 0.2) is 0 Å². The first-order chi connectivity index (χ1) is 13.9. The second-order valence-electron chi connectivity index (χ2n) is 9.53. The Morgan fingerprint density at radius 1 is 1.24 bits per heavy atom. The monoisotopic (exact) mass is 416 g/mol. The van der Waals surface area contributed by atoms with Gasteiger partial charge < -0.3 is 9.84 Å². The van der Waals surface area contributed by atoms with E-state index in [0.29, 0.717) is 5.76 Å². The van der Waals surface area contributed by atoms with Gasteiger partial charge in [-0.05, 0) is 87.7 Å². The van der Waals surface area contributed by atoms with E-state index in [-0.39, 0.29) is 39.2 Å². The molecule has 2 aromatic rings. The van der Waals surface area contributed by atoms with Crippen molar-refractivity contribution in [3.05, 3.63) is 40.4 Å². The lowest BCUT2D eigenvalue weighted by atomic mass is 9.48. The van der Waals surface area contributed by atoms with Crippen LogP contribution in [0.15, 0.2) is 22.7 Å². The van der Waals surface area contributed by atoms with Gasteiger partial charge in [-0.1, -0.05) is 22.8 Å². The lowest BCUT2D eigenvalue weighted by Crippen LogP contribution is -2.55. The van der Waals surface area contributed by atoms with E-state index in [1.54, 1.807) is 13.0 Å². The molecular weight excluding hydrogens is 391 g/mol. The molecule has 1 aromatic heterocycles. The molecule has 0 unspecified atom stereocenters. The molecule has 0 spiro atoms. The number of nitrogens with zero attached hydrogens (tertiary/aromatic N) is 1. The molecule has 4 nitrogen and oxygen atoms in total. The number of amides is 1. The van der Waals surface area contributed by atoms with E-state index in [4.69, 9.17) is 16.1 Å². The van der Waals surface area contributed by atoms with Crippen molar-refractivity contribution in [1.82, 2.24) is 10.5 Å². The number of benzene rings is 1. The maximum absolute atomic E-state index is 14.5. The topological polar surface area (TPSA) is 55.1 Å². The third-order valence-electron chi connectivity index (χ3n) is 7.64. The van der Waals surface area contributed by atoms with Crippen LogP contribution in [0.1, 0.15) is 61.6 Å². The van der Waals surface area contributed by atoms with Gasteiger partial charge in [-0.15, -0.1) is 0 Å². The molecule has 4 fully saturated rings. The Balaban J connectivity index is 1.43. The van der Waals surface area contributed by atoms with E-state index in [0.717, 1.165) is 17.8 Å². The first-order valence-electron chi connectivity index (χ1n) is 10.6. The van der Waals surface area contributed by atoms with Crippen molar-refractivity contribution in [2.45, 2.75) is 58.4 Å². The van der Waals surface area contributed by atoms with Crippen molar-refractivity contribution in [1.29, 1.82) is 0 Å². The van der Waals surface area contributed by atoms with Crippen molar-refractivity contribution in [2.24, 2.45) is 23.2 Å². The van der Waals surface area contributed by atoms with Crippen LogP contribution in [0.5, 0.6) is 0 Å². The van der Waals surface area contributed by atoms with E-state index < -0.39 is 5.82 Å². The third-order valence-corrected chi connectivity index (χ3v) is 7.96. The minimum Gasteiger partial charge on any atom is -0.360 e. The van der Waals surface area contributed by atoms with Crippen LogP contribution in [0, 0.1) is 35.9 Å². The van der Waals surface area contributed by atoms with E-state index in [1.165, 1.54) is 50.7 Å². The number of aromatic nitrogens is 1. The maximum atomic E-state index is 14.5. The predicted octanol–water partition coefficient (Wildman–Crippen LogP) is 5.78. The number of hydrogen-bond acceptors (Lipinski definition) is 3. The summed E-state index contributed by atoms with van der Waals surface area (Å²) in [4.78, 5) is 13.3. The zero-order valence-electron chi connectivity index (χ0n) is 16.8. The molecule has 1 amide bonds. The molecule has 1 N–H and O–H groups in total. The molecule has 0 saturated heterocycles. The quantitative estimate of drug-likeness (QED) is 0.687. The van der Waals surface area contributed by atoms with Crippen LogP contribution in [0.4, 0.5) is 4.39 Å². The van der Waals surface area contributed by atoms with E-state index >= 15 is 0 Å². The lowest BCUT2D eigenvalue weighted by Gasteiger charge is -2.59. The standard InChI is InChI=1S/C23H26ClFN2O2/c1-12-19(21(27-29-12)20-17(24)4-3-5-18(20)25)22(28)26-13(2)23-9-14-6-15(10-23)8-16(7-14)11-23/h3-5,13-16H,6-11H2,1-2H3,(H,26,28)/t13-,14?,15?,16?,23?/m1/s1. The summed E-state index contributed by atoms with van der Waals surface area (Å²) in [5.41, 5.74) is 0.735. The molecule has 4 aliphatic carbocycles. The highest BCUT2D eigenvalue weighted by molar-refractivity contribution is 6.33. The number of aryl methyl sites for hydroxylation is 1. The van der Waals surface area contributed by atoms with Gasteiger partial charge >= 0.3 is 0 Å². The average Bonchev–Trinajstić information content (AvgIpc) is 3.01. The summed E-state index contributed by atoms with van der Waals surface area (Å²) in [6.45, 7) is 3.80. The largest absolute Gasteiger partial charge is 0.360 e. The summed E-state index contributed by atoms with van der Waals surface area (Å²) in [6, 6.07) is 4.49. The molecule has 4 saturated carbocycles. The van der Waals surface area contributed by atoms with Crippen LogP contribution in [-0.4, -0.2) is 17.1 Å². The van der Waals surface area contributed by atoms with Gasteiger partial charge in [0, 0.05) is 6.04 Å². The minimum atomic E-state index is -0.519. The summed E-state index contributed by atoms with van der Waals surface area (Å²) < 4.78 is 19.7. The molecule has 1 atom stereocenters. The van der Waals surface area contributed by atoms with E-state index in [9.17, 15) is 9.18 Å². The fraction of sp³-hybridized carbons (Fsp3) is 0.565. The Labute approximate surface area is 175 Å². The fourth-order valence-corrected chi connectivity index (χ4v) is 6.92. The Hall–Kier alpha value is -1.88. The van der Waals surface area contributed by atoms with Gasteiger partial charge in [-0.2, -0.15) is 0 Å². The van der Waals surface area contributed by atoms with Crippen molar-refractivity contribution >= 4 is 17.5 Å². The van der Waals surface area contributed by atoms with Gasteiger partial charge in [0.2, 0.25) is 0 Å². The first-order valence-corrected chi connectivity index (χ1v) is 11.0. The Kier molecular flexibility index (Phi) is 4.50. The van der Waals surface area contributed by atoms with Gasteiger partial charge in [0.25, 0.3) is 5.91 Å². The molecular formula is C23H26ClFN2O2. The van der Waals surface area contributed by atoms with Crippen LogP contribution < -0.4 is 5.32 Å². The van der Waals surface area contributed by atoms with Crippen molar-refractivity contribution in [3.63, 3.8) is 0 Å². The number of carbonyl (C=O) groups is 1. The van der Waals surface area contributed by atoms with E-state index in [1.807, 2.05) is 0 Å². The number of halogens is 2. The second-order valence-corrected chi connectivity index (χ2v) is 9.94. The van der Waals surface area contributed by atoms with Gasteiger partial charge in [0.05, 0.1) is 10.6 Å². The van der Waals surface area contributed by atoms with Crippen molar-refractivity contribution in [3.8, 4) is 11.3 Å². The van der Waals surface area contributed by atoms with Gasteiger partial charge in [0.1, 0.15) is 22.8 Å². The molecule has 0 radical (unpaired) electrons. The Morgan fingerprint density at radius 3 is 2.45 bits per heavy atom. The number of rotatable bonds is 4. The highest BCUT2D eigenvalue weighted by Gasteiger charge is 2.53. The van der Waals surface area contributed by atoms with Gasteiger partial charge in [-0.25, -0.2) is 4.39 Å². The Morgan fingerprint density at radius 2 is 1.86 bits per heavy atom. The average molecular weight is 417 g/mol. The number of nitrogens with one attached hydrogen (secondary N) is 1.